The summed E-state index contributed by atoms with van der Waals surface area (Å²) in [6, 6.07) is 9.33. The summed E-state index contributed by atoms with van der Waals surface area (Å²) in [6.45, 7) is 5.17. The second-order valence-corrected chi connectivity index (χ2v) is 8.73. The summed E-state index contributed by atoms with van der Waals surface area (Å²) in [4.78, 5) is 33.2. The summed E-state index contributed by atoms with van der Waals surface area (Å²) in [5, 5.41) is 13.3. The number of ether oxygens (including phenoxy) is 1. The molecule has 3 aromatic rings. The summed E-state index contributed by atoms with van der Waals surface area (Å²) < 4.78 is 8.57. The summed E-state index contributed by atoms with van der Waals surface area (Å²) >= 11 is 0. The van der Waals surface area contributed by atoms with E-state index in [1.165, 1.54) is 10.9 Å². The van der Waals surface area contributed by atoms with Crippen molar-refractivity contribution in [1.82, 2.24) is 19.4 Å². The Morgan fingerprint density at radius 1 is 1.33 bits per heavy atom. The summed E-state index contributed by atoms with van der Waals surface area (Å²) in [7, 11) is 1.54. The molecule has 170 valence electrons. The molecule has 1 aliphatic carbocycles. The lowest BCUT2D eigenvalue weighted by Crippen LogP contribution is -2.44. The number of benzene rings is 1. The van der Waals surface area contributed by atoms with E-state index in [1.807, 2.05) is 4.57 Å². The van der Waals surface area contributed by atoms with Crippen molar-refractivity contribution in [1.29, 1.82) is 5.26 Å². The molecule has 5 rings (SSSR count). The van der Waals surface area contributed by atoms with E-state index in [0.29, 0.717) is 33.8 Å². The number of fused-ring (bicyclic) bond motifs is 1. The molecule has 2 aliphatic rings. The number of carbonyl (C=O) groups is 1. The van der Waals surface area contributed by atoms with Crippen molar-refractivity contribution in [2.24, 2.45) is 5.92 Å². The molecule has 1 N–H and O–H groups in total. The van der Waals surface area contributed by atoms with Crippen LogP contribution >= 0.6 is 0 Å². The molecule has 0 radical (unpaired) electrons. The minimum absolute atomic E-state index is 0.134. The number of nitrogens with one attached hydrogen (secondary N) is 1. The largest absolute Gasteiger partial charge is 0.497 e. The third kappa shape index (κ3) is 3.66. The first-order chi connectivity index (χ1) is 16.0. The molecule has 2 atom stereocenters. The monoisotopic (exact) mass is 446 g/mol. The van der Waals surface area contributed by atoms with Crippen LogP contribution in [-0.4, -0.2) is 53.2 Å². The number of methoxy groups -OCH3 is 1. The first-order valence-electron chi connectivity index (χ1n) is 11.2. The van der Waals surface area contributed by atoms with E-state index in [9.17, 15) is 14.9 Å². The molecular formula is C24H26N6O3. The Morgan fingerprint density at radius 3 is 2.76 bits per heavy atom. The van der Waals surface area contributed by atoms with Crippen LogP contribution in [0.15, 0.2) is 35.4 Å². The highest BCUT2D eigenvalue weighted by atomic mass is 16.5. The molecule has 3 heterocycles. The van der Waals surface area contributed by atoms with E-state index in [1.54, 1.807) is 31.4 Å². The van der Waals surface area contributed by atoms with Crippen LogP contribution in [0.3, 0.4) is 0 Å². The molecule has 1 saturated carbocycles. The van der Waals surface area contributed by atoms with Crippen LogP contribution < -0.4 is 20.5 Å². The Hall–Kier alpha value is -3.64. The van der Waals surface area contributed by atoms with E-state index >= 15 is 0 Å². The van der Waals surface area contributed by atoms with Gasteiger partial charge in [-0.3, -0.25) is 14.2 Å². The van der Waals surface area contributed by atoms with Gasteiger partial charge in [0.05, 0.1) is 20.0 Å². The van der Waals surface area contributed by atoms with E-state index in [4.69, 9.17) is 4.74 Å². The van der Waals surface area contributed by atoms with Gasteiger partial charge in [-0.15, -0.1) is 0 Å². The predicted octanol–water partition coefficient (Wildman–Crippen LogP) is 1.95. The van der Waals surface area contributed by atoms with Gasteiger partial charge in [0.1, 0.15) is 34.2 Å². The van der Waals surface area contributed by atoms with Crippen LogP contribution in [-0.2, 0) is 6.54 Å². The number of Topliss-reactive ketones (excluding diaryl/α,β-unsaturated/α-hetero) is 1. The van der Waals surface area contributed by atoms with Gasteiger partial charge in [-0.2, -0.15) is 5.26 Å². The molecular weight excluding hydrogens is 420 g/mol. The fourth-order valence-electron chi connectivity index (χ4n) is 4.64. The lowest BCUT2D eigenvalue weighted by molar-refractivity contribution is 0.0970. The molecule has 9 nitrogen and oxygen atoms in total. The molecule has 2 aromatic heterocycles. The smallest absolute Gasteiger partial charge is 0.278 e. The third-order valence-electron chi connectivity index (χ3n) is 6.58. The van der Waals surface area contributed by atoms with Gasteiger partial charge in [0, 0.05) is 37.8 Å². The zero-order valence-electron chi connectivity index (χ0n) is 18.7. The van der Waals surface area contributed by atoms with Crippen molar-refractivity contribution in [3.63, 3.8) is 0 Å². The SMILES string of the molecule is COc1cccc(C(=O)Cn2cnc3c(C#N)c(N4CCNCC4)n(C4C[C@@H]4C)c3c2=O)c1. The number of piperazine rings is 1. The lowest BCUT2D eigenvalue weighted by Gasteiger charge is -2.30. The van der Waals surface area contributed by atoms with Crippen LogP contribution in [0.1, 0.15) is 35.3 Å². The van der Waals surface area contributed by atoms with Crippen LogP contribution in [0, 0.1) is 17.2 Å². The number of rotatable bonds is 6. The van der Waals surface area contributed by atoms with E-state index in [2.05, 4.69) is 28.2 Å². The van der Waals surface area contributed by atoms with Crippen molar-refractivity contribution in [2.45, 2.75) is 25.9 Å². The van der Waals surface area contributed by atoms with Gasteiger partial charge in [-0.1, -0.05) is 19.1 Å². The average Bonchev–Trinajstić information content (AvgIpc) is 3.47. The van der Waals surface area contributed by atoms with Gasteiger partial charge < -0.3 is 19.5 Å². The van der Waals surface area contributed by atoms with Gasteiger partial charge in [-0.05, 0) is 24.5 Å². The third-order valence-corrected chi connectivity index (χ3v) is 6.58. The quantitative estimate of drug-likeness (QED) is 0.577. The number of hydrogen-bond acceptors (Lipinski definition) is 7. The Morgan fingerprint density at radius 2 is 2.09 bits per heavy atom. The van der Waals surface area contributed by atoms with Crippen molar-refractivity contribution >= 4 is 22.6 Å². The normalized spacial score (nSPS) is 20.0. The fraction of sp³-hybridized carbons (Fsp3) is 0.417. The second kappa shape index (κ2) is 8.37. The number of carbonyl (C=O) groups excluding carboxylic acids is 1. The van der Waals surface area contributed by atoms with Crippen molar-refractivity contribution in [3.8, 4) is 11.8 Å². The predicted molar refractivity (Wildman–Crippen MR) is 124 cm³/mol. The van der Waals surface area contributed by atoms with Gasteiger partial charge in [0.2, 0.25) is 0 Å². The van der Waals surface area contributed by atoms with Gasteiger partial charge in [0.25, 0.3) is 5.56 Å². The zero-order valence-corrected chi connectivity index (χ0v) is 18.7. The Bertz CT molecular complexity index is 1330. The number of aromatic nitrogens is 3. The average molecular weight is 447 g/mol. The number of nitriles is 1. The van der Waals surface area contributed by atoms with Gasteiger partial charge in [0.15, 0.2) is 5.78 Å². The second-order valence-electron chi connectivity index (χ2n) is 8.73. The van der Waals surface area contributed by atoms with Gasteiger partial charge in [-0.25, -0.2) is 4.98 Å². The highest BCUT2D eigenvalue weighted by Gasteiger charge is 2.40. The van der Waals surface area contributed by atoms with Crippen molar-refractivity contribution in [2.75, 3.05) is 38.2 Å². The van der Waals surface area contributed by atoms with Crippen LogP contribution in [0.5, 0.6) is 5.75 Å². The Kier molecular flexibility index (Phi) is 5.38. The number of anilines is 1. The first kappa shape index (κ1) is 21.2. The lowest BCUT2D eigenvalue weighted by atomic mass is 10.1. The standard InChI is InChI=1S/C24H26N6O3/c1-15-10-19(15)30-22-21(18(12-25)23(30)28-8-6-26-7-9-28)27-14-29(24(22)32)13-20(31)16-4-3-5-17(11-16)33-2/h3-5,11,14-15,19,26H,6-10,13H2,1-2H3/t15-,19?/m0/s1. The minimum Gasteiger partial charge on any atom is -0.497 e. The maximum Gasteiger partial charge on any atom is 0.278 e. The molecule has 9 heteroatoms. The minimum atomic E-state index is -0.298. The summed E-state index contributed by atoms with van der Waals surface area (Å²) in [5.74, 6) is 1.57. The summed E-state index contributed by atoms with van der Waals surface area (Å²) in [5.41, 5.74) is 1.44. The van der Waals surface area contributed by atoms with Crippen molar-refractivity contribution < 1.29 is 9.53 Å². The van der Waals surface area contributed by atoms with Crippen LogP contribution in [0.25, 0.3) is 11.0 Å². The Balaban J connectivity index is 1.62. The van der Waals surface area contributed by atoms with Crippen LogP contribution in [0.4, 0.5) is 5.82 Å². The molecule has 0 spiro atoms. The molecule has 1 aromatic carbocycles. The molecule has 2 fully saturated rings. The van der Waals surface area contributed by atoms with Crippen LogP contribution in [0.2, 0.25) is 0 Å². The van der Waals surface area contributed by atoms with Gasteiger partial charge >= 0.3 is 0 Å². The maximum atomic E-state index is 13.6. The highest BCUT2D eigenvalue weighted by Crippen LogP contribution is 2.48. The zero-order chi connectivity index (χ0) is 23.1. The fourth-order valence-corrected chi connectivity index (χ4v) is 4.64. The molecule has 1 aliphatic heterocycles. The van der Waals surface area contributed by atoms with E-state index in [-0.39, 0.29) is 23.9 Å². The number of ketones is 1. The molecule has 0 bridgehead atoms. The molecule has 1 unspecified atom stereocenters. The Labute approximate surface area is 191 Å². The number of nitrogens with zero attached hydrogens (tertiary/aromatic N) is 5. The van der Waals surface area contributed by atoms with E-state index in [0.717, 1.165) is 38.4 Å². The highest BCUT2D eigenvalue weighted by molar-refractivity contribution is 5.96. The first-order valence-corrected chi connectivity index (χ1v) is 11.2. The van der Waals surface area contributed by atoms with E-state index < -0.39 is 0 Å². The summed E-state index contributed by atoms with van der Waals surface area (Å²) in [6.07, 6.45) is 2.33. The molecule has 1 saturated heterocycles. The molecule has 0 amide bonds. The topological polar surface area (TPSA) is 105 Å². The maximum absolute atomic E-state index is 13.6. The molecule has 33 heavy (non-hydrogen) atoms. The van der Waals surface area contributed by atoms with Crippen molar-refractivity contribution in [3.05, 3.63) is 52.1 Å². The number of hydrogen-bond donors (Lipinski definition) is 1.